The molecule has 0 aliphatic carbocycles. The van der Waals surface area contributed by atoms with Crippen LogP contribution in [-0.4, -0.2) is 21.4 Å². The molecule has 0 unspecified atom stereocenters. The minimum atomic E-state index is 0.628. The molecule has 0 bridgehead atoms. The van der Waals surface area contributed by atoms with Crippen LogP contribution >= 0.6 is 0 Å². The maximum absolute atomic E-state index is 4.67. The van der Waals surface area contributed by atoms with Crippen LogP contribution in [0.4, 0.5) is 11.4 Å². The Bertz CT molecular complexity index is 1080. The van der Waals surface area contributed by atoms with E-state index in [1.165, 1.54) is 0 Å². The van der Waals surface area contributed by atoms with Gasteiger partial charge in [-0.2, -0.15) is 10.2 Å². The number of aromatic nitrogens is 2. The molecule has 1 heterocycles. The van der Waals surface area contributed by atoms with Crippen LogP contribution in [0.2, 0.25) is 0 Å². The summed E-state index contributed by atoms with van der Waals surface area (Å²) in [6.07, 6.45) is 0. The molecule has 3 N–H and O–H groups in total. The van der Waals surface area contributed by atoms with Gasteiger partial charge in [-0.1, -0.05) is 48.5 Å². The first kappa shape index (κ1) is 17.5. The highest BCUT2D eigenvalue weighted by atomic mass is 15.3. The van der Waals surface area contributed by atoms with Gasteiger partial charge in [-0.25, -0.2) is 4.98 Å². The highest BCUT2D eigenvalue weighted by Crippen LogP contribution is 2.13. The van der Waals surface area contributed by atoms with E-state index in [9.17, 15) is 0 Å². The zero-order chi connectivity index (χ0) is 19.2. The number of imidazole rings is 1. The van der Waals surface area contributed by atoms with Crippen molar-refractivity contribution in [3.8, 4) is 0 Å². The molecule has 0 atom stereocenters. The Morgan fingerprint density at radius 1 is 0.750 bits per heavy atom. The van der Waals surface area contributed by atoms with Gasteiger partial charge in [-0.3, -0.25) is 10.9 Å². The van der Waals surface area contributed by atoms with Crippen molar-refractivity contribution in [3.05, 3.63) is 90.8 Å². The van der Waals surface area contributed by atoms with Crippen molar-refractivity contribution < 1.29 is 0 Å². The van der Waals surface area contributed by atoms with Crippen molar-refractivity contribution in [2.24, 2.45) is 10.2 Å². The molecule has 0 amide bonds. The Hall–Kier alpha value is -3.93. The summed E-state index contributed by atoms with van der Waals surface area (Å²) in [7, 11) is 0. The molecule has 3 aromatic carbocycles. The van der Waals surface area contributed by atoms with Crippen molar-refractivity contribution in [1.29, 1.82) is 0 Å². The van der Waals surface area contributed by atoms with Gasteiger partial charge in [0.1, 0.15) is 5.71 Å². The first-order chi connectivity index (χ1) is 13.8. The van der Waals surface area contributed by atoms with Crippen LogP contribution in [0.15, 0.2) is 95.1 Å². The zero-order valence-electron chi connectivity index (χ0n) is 15.4. The van der Waals surface area contributed by atoms with Crippen molar-refractivity contribution in [2.45, 2.75) is 6.92 Å². The number of benzene rings is 3. The van der Waals surface area contributed by atoms with E-state index in [1.807, 2.05) is 91.9 Å². The van der Waals surface area contributed by atoms with Gasteiger partial charge in [0.15, 0.2) is 5.82 Å². The van der Waals surface area contributed by atoms with E-state index in [2.05, 4.69) is 31.0 Å². The Kier molecular flexibility index (Phi) is 5.11. The summed E-state index contributed by atoms with van der Waals surface area (Å²) in [5, 5.41) is 9.06. The normalized spacial score (nSPS) is 12.2. The number of nitrogens with one attached hydrogen (secondary N) is 3. The summed E-state index contributed by atoms with van der Waals surface area (Å²) < 4.78 is 0. The summed E-state index contributed by atoms with van der Waals surface area (Å²) in [6, 6.07) is 27.5. The lowest BCUT2D eigenvalue weighted by atomic mass is 10.2. The SMILES string of the molecule is CC(=N\Nc1ccccc1)/C(=N/Nc1ccccc1)c1nc2ccccc2[nH]1. The van der Waals surface area contributed by atoms with Crippen LogP contribution in [0.1, 0.15) is 12.7 Å². The number of para-hydroxylation sites is 4. The predicted octanol–water partition coefficient (Wildman–Crippen LogP) is 4.87. The van der Waals surface area contributed by atoms with Gasteiger partial charge >= 0.3 is 0 Å². The quantitative estimate of drug-likeness (QED) is 0.336. The average molecular weight is 368 g/mol. The molecule has 0 radical (unpaired) electrons. The predicted molar refractivity (Wildman–Crippen MR) is 116 cm³/mol. The van der Waals surface area contributed by atoms with E-state index < -0.39 is 0 Å². The molecule has 0 saturated carbocycles. The van der Waals surface area contributed by atoms with E-state index in [4.69, 9.17) is 0 Å². The van der Waals surface area contributed by atoms with Crippen LogP contribution < -0.4 is 10.9 Å². The summed E-state index contributed by atoms with van der Waals surface area (Å²) in [4.78, 5) is 7.99. The lowest BCUT2D eigenvalue weighted by Crippen LogP contribution is -2.17. The van der Waals surface area contributed by atoms with Crippen LogP contribution in [0.25, 0.3) is 11.0 Å². The third-order valence-corrected chi connectivity index (χ3v) is 4.15. The van der Waals surface area contributed by atoms with Crippen LogP contribution in [-0.2, 0) is 0 Å². The molecular weight excluding hydrogens is 348 g/mol. The van der Waals surface area contributed by atoms with Crippen molar-refractivity contribution >= 4 is 33.8 Å². The number of rotatable bonds is 6. The van der Waals surface area contributed by atoms with Crippen LogP contribution in [0.3, 0.4) is 0 Å². The molecule has 1 aromatic heterocycles. The molecule has 4 rings (SSSR count). The van der Waals surface area contributed by atoms with Crippen LogP contribution in [0.5, 0.6) is 0 Å². The number of hydrogen-bond acceptors (Lipinski definition) is 5. The highest BCUT2D eigenvalue weighted by Gasteiger charge is 2.13. The van der Waals surface area contributed by atoms with Gasteiger partial charge in [-0.05, 0) is 43.3 Å². The Balaban J connectivity index is 1.67. The molecule has 0 saturated heterocycles. The molecule has 0 fully saturated rings. The molecule has 0 aliphatic rings. The molecule has 28 heavy (non-hydrogen) atoms. The van der Waals surface area contributed by atoms with Gasteiger partial charge in [0.25, 0.3) is 0 Å². The van der Waals surface area contributed by atoms with Gasteiger partial charge in [0.05, 0.1) is 28.1 Å². The monoisotopic (exact) mass is 368 g/mol. The number of nitrogens with zero attached hydrogens (tertiary/aromatic N) is 3. The second-order valence-corrected chi connectivity index (χ2v) is 6.22. The van der Waals surface area contributed by atoms with Gasteiger partial charge < -0.3 is 4.98 Å². The van der Waals surface area contributed by atoms with Crippen LogP contribution in [0, 0.1) is 0 Å². The Morgan fingerprint density at radius 2 is 1.32 bits per heavy atom. The van der Waals surface area contributed by atoms with Gasteiger partial charge in [0, 0.05) is 0 Å². The lowest BCUT2D eigenvalue weighted by molar-refractivity contribution is 1.25. The summed E-state index contributed by atoms with van der Waals surface area (Å²) in [5.41, 5.74) is 11.1. The largest absolute Gasteiger partial charge is 0.337 e. The molecule has 6 heteroatoms. The van der Waals surface area contributed by atoms with E-state index in [1.54, 1.807) is 0 Å². The molecule has 0 spiro atoms. The van der Waals surface area contributed by atoms with Gasteiger partial charge in [-0.15, -0.1) is 0 Å². The number of anilines is 2. The number of fused-ring (bicyclic) bond motifs is 1. The first-order valence-electron chi connectivity index (χ1n) is 8.99. The van der Waals surface area contributed by atoms with Crippen molar-refractivity contribution in [3.63, 3.8) is 0 Å². The standard InChI is InChI=1S/C22H20N6/c1-16(25-26-17-10-4-2-5-11-17)21(28-27-18-12-6-3-7-13-18)22-23-19-14-8-9-15-20(19)24-22/h2-15,26-27H,1H3,(H,23,24)/b25-16+,28-21-. The van der Waals surface area contributed by atoms with E-state index >= 15 is 0 Å². The maximum Gasteiger partial charge on any atom is 0.160 e. The summed E-state index contributed by atoms with van der Waals surface area (Å²) in [5.74, 6) is 0.653. The highest BCUT2D eigenvalue weighted by molar-refractivity contribution is 6.47. The molecule has 138 valence electrons. The Labute approximate surface area is 163 Å². The number of hydrogen-bond donors (Lipinski definition) is 3. The number of H-pyrrole nitrogens is 1. The van der Waals surface area contributed by atoms with Crippen molar-refractivity contribution in [2.75, 3.05) is 10.9 Å². The third-order valence-electron chi connectivity index (χ3n) is 4.15. The topological polar surface area (TPSA) is 77.5 Å². The fraction of sp³-hybridized carbons (Fsp3) is 0.0455. The smallest absolute Gasteiger partial charge is 0.160 e. The molecule has 0 aliphatic heterocycles. The lowest BCUT2D eigenvalue weighted by Gasteiger charge is -2.07. The fourth-order valence-corrected chi connectivity index (χ4v) is 2.72. The van der Waals surface area contributed by atoms with E-state index in [0.717, 1.165) is 22.4 Å². The van der Waals surface area contributed by atoms with E-state index in [-0.39, 0.29) is 0 Å². The minimum Gasteiger partial charge on any atom is -0.337 e. The number of hydrazone groups is 2. The summed E-state index contributed by atoms with van der Waals surface area (Å²) >= 11 is 0. The second-order valence-electron chi connectivity index (χ2n) is 6.22. The maximum atomic E-state index is 4.67. The average Bonchev–Trinajstić information content (AvgIpc) is 3.18. The second kappa shape index (κ2) is 8.18. The van der Waals surface area contributed by atoms with E-state index in [0.29, 0.717) is 17.2 Å². The fourth-order valence-electron chi connectivity index (χ4n) is 2.72. The third kappa shape index (κ3) is 4.07. The zero-order valence-corrected chi connectivity index (χ0v) is 15.4. The minimum absolute atomic E-state index is 0.628. The molecule has 4 aromatic rings. The number of aromatic amines is 1. The molecular formula is C22H20N6. The Morgan fingerprint density at radius 3 is 1.96 bits per heavy atom. The van der Waals surface area contributed by atoms with Crippen molar-refractivity contribution in [1.82, 2.24) is 9.97 Å². The van der Waals surface area contributed by atoms with Gasteiger partial charge in [0.2, 0.25) is 0 Å². The molecule has 6 nitrogen and oxygen atoms in total. The first-order valence-corrected chi connectivity index (χ1v) is 8.99. The summed E-state index contributed by atoms with van der Waals surface area (Å²) in [6.45, 7) is 1.90.